The van der Waals surface area contributed by atoms with Gasteiger partial charge in [0.25, 0.3) is 0 Å². The summed E-state index contributed by atoms with van der Waals surface area (Å²) in [7, 11) is 0. The number of hydrogen-bond acceptors (Lipinski definition) is 2. The summed E-state index contributed by atoms with van der Waals surface area (Å²) >= 11 is 6.03. The number of primary amides is 1. The molecule has 0 spiro atoms. The summed E-state index contributed by atoms with van der Waals surface area (Å²) in [5.41, 5.74) is 10.2. The standard InChI is InChI=1S/C26H26ClNO2/c27-23-12-8-20(9-13-23)25-16-21(26(28)29)6-7-22(25)17-30-24-14-10-19(11-15-24)18-4-2-1-3-5-18/h6-16,18H,1-5,17H2,(H2,28,29). The lowest BCUT2D eigenvalue weighted by molar-refractivity contribution is 0.100. The van der Waals surface area contributed by atoms with Crippen LogP contribution in [0.3, 0.4) is 0 Å². The van der Waals surface area contributed by atoms with E-state index >= 15 is 0 Å². The average molecular weight is 420 g/mol. The molecule has 0 saturated heterocycles. The molecule has 1 aliphatic rings. The molecule has 154 valence electrons. The van der Waals surface area contributed by atoms with Crippen LogP contribution >= 0.6 is 11.6 Å². The molecule has 1 fully saturated rings. The molecule has 0 atom stereocenters. The molecule has 0 radical (unpaired) electrons. The first-order chi connectivity index (χ1) is 14.6. The van der Waals surface area contributed by atoms with Crippen molar-refractivity contribution < 1.29 is 9.53 Å². The van der Waals surface area contributed by atoms with Crippen LogP contribution in [0.25, 0.3) is 11.1 Å². The number of carbonyl (C=O) groups is 1. The van der Waals surface area contributed by atoms with Gasteiger partial charge < -0.3 is 10.5 Å². The average Bonchev–Trinajstić information content (AvgIpc) is 2.79. The molecule has 4 rings (SSSR count). The van der Waals surface area contributed by atoms with Crippen LogP contribution in [0.2, 0.25) is 5.02 Å². The van der Waals surface area contributed by atoms with E-state index in [0.29, 0.717) is 23.1 Å². The molecule has 0 unspecified atom stereocenters. The number of nitrogens with two attached hydrogens (primary N) is 1. The summed E-state index contributed by atoms with van der Waals surface area (Å²) in [6.07, 6.45) is 6.60. The Balaban J connectivity index is 1.52. The maximum atomic E-state index is 11.7. The van der Waals surface area contributed by atoms with E-state index in [9.17, 15) is 4.79 Å². The van der Waals surface area contributed by atoms with Crippen LogP contribution in [-0.2, 0) is 6.61 Å². The number of halogens is 1. The van der Waals surface area contributed by atoms with Gasteiger partial charge in [-0.25, -0.2) is 0 Å². The maximum Gasteiger partial charge on any atom is 0.248 e. The Kier molecular flexibility index (Phi) is 6.39. The third-order valence-electron chi connectivity index (χ3n) is 5.90. The van der Waals surface area contributed by atoms with Crippen LogP contribution < -0.4 is 10.5 Å². The Morgan fingerprint density at radius 1 is 0.933 bits per heavy atom. The van der Waals surface area contributed by atoms with Gasteiger partial charge in [-0.15, -0.1) is 0 Å². The van der Waals surface area contributed by atoms with Crippen LogP contribution in [0.4, 0.5) is 0 Å². The Bertz CT molecular complexity index is 1010. The fourth-order valence-corrected chi connectivity index (χ4v) is 4.31. The summed E-state index contributed by atoms with van der Waals surface area (Å²) in [4.78, 5) is 11.7. The van der Waals surface area contributed by atoms with E-state index in [0.717, 1.165) is 22.4 Å². The minimum atomic E-state index is -0.448. The minimum Gasteiger partial charge on any atom is -0.489 e. The third kappa shape index (κ3) is 4.85. The SMILES string of the molecule is NC(=O)c1ccc(COc2ccc(C3CCCCC3)cc2)c(-c2ccc(Cl)cc2)c1. The fourth-order valence-electron chi connectivity index (χ4n) is 4.19. The second kappa shape index (κ2) is 9.36. The molecule has 1 aliphatic carbocycles. The quantitative estimate of drug-likeness (QED) is 0.481. The molecule has 0 aliphatic heterocycles. The van der Waals surface area contributed by atoms with Crippen LogP contribution in [0.15, 0.2) is 66.7 Å². The summed E-state index contributed by atoms with van der Waals surface area (Å²) in [6, 6.07) is 21.5. The van der Waals surface area contributed by atoms with E-state index < -0.39 is 5.91 Å². The highest BCUT2D eigenvalue weighted by molar-refractivity contribution is 6.30. The van der Waals surface area contributed by atoms with Gasteiger partial charge in [-0.3, -0.25) is 4.79 Å². The number of amides is 1. The first-order valence-electron chi connectivity index (χ1n) is 10.5. The molecule has 1 saturated carbocycles. The number of benzene rings is 3. The highest BCUT2D eigenvalue weighted by Crippen LogP contribution is 2.33. The van der Waals surface area contributed by atoms with Crippen molar-refractivity contribution in [1.82, 2.24) is 0 Å². The lowest BCUT2D eigenvalue weighted by Crippen LogP contribution is -2.11. The van der Waals surface area contributed by atoms with Crippen LogP contribution in [0.5, 0.6) is 5.75 Å². The zero-order valence-electron chi connectivity index (χ0n) is 16.9. The lowest BCUT2D eigenvalue weighted by atomic mass is 9.84. The van der Waals surface area contributed by atoms with Gasteiger partial charge in [0.2, 0.25) is 5.91 Å². The van der Waals surface area contributed by atoms with Crippen LogP contribution in [0.1, 0.15) is 59.5 Å². The van der Waals surface area contributed by atoms with E-state index in [1.165, 1.54) is 37.7 Å². The molecule has 3 aromatic rings. The predicted octanol–water partition coefficient (Wildman–Crippen LogP) is 6.73. The van der Waals surface area contributed by atoms with Gasteiger partial charge in [0.1, 0.15) is 12.4 Å². The molecule has 0 aromatic heterocycles. The topological polar surface area (TPSA) is 52.3 Å². The van der Waals surface area contributed by atoms with E-state index in [4.69, 9.17) is 22.1 Å². The summed E-state index contributed by atoms with van der Waals surface area (Å²) < 4.78 is 6.08. The van der Waals surface area contributed by atoms with E-state index in [1.807, 2.05) is 36.4 Å². The van der Waals surface area contributed by atoms with Gasteiger partial charge in [0.15, 0.2) is 0 Å². The van der Waals surface area contributed by atoms with Gasteiger partial charge in [-0.1, -0.05) is 61.2 Å². The maximum absolute atomic E-state index is 11.7. The molecule has 2 N–H and O–H groups in total. The van der Waals surface area contributed by atoms with Gasteiger partial charge in [-0.05, 0) is 77.4 Å². The first kappa shape index (κ1) is 20.5. The molecule has 4 heteroatoms. The summed E-state index contributed by atoms with van der Waals surface area (Å²) in [5, 5.41) is 0.667. The van der Waals surface area contributed by atoms with Crippen molar-refractivity contribution in [2.45, 2.75) is 44.6 Å². The zero-order chi connectivity index (χ0) is 20.9. The Hall–Kier alpha value is -2.78. The third-order valence-corrected chi connectivity index (χ3v) is 6.15. The van der Waals surface area contributed by atoms with Crippen molar-refractivity contribution in [3.63, 3.8) is 0 Å². The Morgan fingerprint density at radius 2 is 1.63 bits per heavy atom. The van der Waals surface area contributed by atoms with Gasteiger partial charge in [0.05, 0.1) is 0 Å². The number of carbonyl (C=O) groups excluding carboxylic acids is 1. The fraction of sp³-hybridized carbons (Fsp3) is 0.269. The molecule has 3 aromatic carbocycles. The van der Waals surface area contributed by atoms with Gasteiger partial charge >= 0.3 is 0 Å². The second-order valence-electron chi connectivity index (χ2n) is 7.94. The Morgan fingerprint density at radius 3 is 2.30 bits per heavy atom. The highest BCUT2D eigenvalue weighted by Gasteiger charge is 2.15. The zero-order valence-corrected chi connectivity index (χ0v) is 17.7. The minimum absolute atomic E-state index is 0.403. The van der Waals surface area contributed by atoms with Crippen LogP contribution in [-0.4, -0.2) is 5.91 Å². The monoisotopic (exact) mass is 419 g/mol. The van der Waals surface area contributed by atoms with Crippen molar-refractivity contribution in [2.75, 3.05) is 0 Å². The molecular weight excluding hydrogens is 394 g/mol. The lowest BCUT2D eigenvalue weighted by Gasteiger charge is -2.22. The van der Waals surface area contributed by atoms with Gasteiger partial charge in [0, 0.05) is 10.6 Å². The van der Waals surface area contributed by atoms with Crippen molar-refractivity contribution in [1.29, 1.82) is 0 Å². The van der Waals surface area contributed by atoms with E-state index in [2.05, 4.69) is 24.3 Å². The van der Waals surface area contributed by atoms with E-state index in [-0.39, 0.29) is 0 Å². The summed E-state index contributed by atoms with van der Waals surface area (Å²) in [6.45, 7) is 0.403. The number of rotatable bonds is 6. The predicted molar refractivity (Wildman–Crippen MR) is 122 cm³/mol. The molecule has 3 nitrogen and oxygen atoms in total. The molecule has 0 heterocycles. The second-order valence-corrected chi connectivity index (χ2v) is 8.37. The van der Waals surface area contributed by atoms with Crippen LogP contribution in [0, 0.1) is 0 Å². The first-order valence-corrected chi connectivity index (χ1v) is 10.9. The normalized spacial score (nSPS) is 14.4. The number of hydrogen-bond donors (Lipinski definition) is 1. The molecule has 30 heavy (non-hydrogen) atoms. The molecular formula is C26H26ClNO2. The smallest absolute Gasteiger partial charge is 0.248 e. The van der Waals surface area contributed by atoms with Crippen molar-refractivity contribution >= 4 is 17.5 Å². The molecule has 0 bridgehead atoms. The van der Waals surface area contributed by atoms with Crippen molar-refractivity contribution in [3.05, 3.63) is 88.4 Å². The van der Waals surface area contributed by atoms with Crippen molar-refractivity contribution in [2.24, 2.45) is 5.73 Å². The van der Waals surface area contributed by atoms with Gasteiger partial charge in [-0.2, -0.15) is 0 Å². The number of ether oxygens (including phenoxy) is 1. The summed E-state index contributed by atoms with van der Waals surface area (Å²) in [5.74, 6) is 1.08. The highest BCUT2D eigenvalue weighted by atomic mass is 35.5. The molecule has 1 amide bonds. The Labute approximate surface area is 182 Å². The van der Waals surface area contributed by atoms with E-state index in [1.54, 1.807) is 6.07 Å². The largest absolute Gasteiger partial charge is 0.489 e. The van der Waals surface area contributed by atoms with Crippen molar-refractivity contribution in [3.8, 4) is 16.9 Å².